The number of benzene rings is 1. The molecule has 0 aliphatic heterocycles. The molecule has 1 aromatic carbocycles. The summed E-state index contributed by atoms with van der Waals surface area (Å²) in [6, 6.07) is 5.09. The van der Waals surface area contributed by atoms with Crippen LogP contribution in [0.4, 0.5) is 4.39 Å². The van der Waals surface area contributed by atoms with Gasteiger partial charge in [0.15, 0.2) is 0 Å². The second-order valence-corrected chi connectivity index (χ2v) is 5.17. The Kier molecular flexibility index (Phi) is 5.93. The fourth-order valence-corrected chi connectivity index (χ4v) is 1.96. The van der Waals surface area contributed by atoms with Crippen molar-refractivity contribution in [1.82, 2.24) is 5.32 Å². The lowest BCUT2D eigenvalue weighted by atomic mass is 9.89. The van der Waals surface area contributed by atoms with Crippen molar-refractivity contribution in [3.63, 3.8) is 0 Å². The first kappa shape index (κ1) is 14.5. The maximum atomic E-state index is 13.3. The van der Waals surface area contributed by atoms with Gasteiger partial charge in [-0.2, -0.15) is 0 Å². The van der Waals surface area contributed by atoms with Crippen LogP contribution in [0.15, 0.2) is 18.2 Å². The predicted molar refractivity (Wildman–Crippen MR) is 72.0 cm³/mol. The molecule has 96 valence electrons. The zero-order chi connectivity index (χ0) is 12.8. The van der Waals surface area contributed by atoms with Gasteiger partial charge in [-0.25, -0.2) is 4.39 Å². The Bertz CT molecular complexity index is 352. The Balaban J connectivity index is 2.68. The molecule has 0 saturated heterocycles. The maximum absolute atomic E-state index is 13.3. The van der Waals surface area contributed by atoms with Gasteiger partial charge in [0.05, 0.1) is 5.02 Å². The summed E-state index contributed by atoms with van der Waals surface area (Å²) in [4.78, 5) is 0. The maximum Gasteiger partial charge on any atom is 0.142 e. The van der Waals surface area contributed by atoms with Gasteiger partial charge in [0.2, 0.25) is 0 Å². The minimum atomic E-state index is -0.324. The minimum absolute atomic E-state index is 0.196. The molecular formula is C14H21ClFN. The highest BCUT2D eigenvalue weighted by Crippen LogP contribution is 2.20. The van der Waals surface area contributed by atoms with Crippen molar-refractivity contribution >= 4 is 11.6 Å². The number of halogens is 2. The van der Waals surface area contributed by atoms with Crippen LogP contribution in [0.1, 0.15) is 26.3 Å². The van der Waals surface area contributed by atoms with Crippen molar-refractivity contribution in [2.45, 2.75) is 27.2 Å². The largest absolute Gasteiger partial charge is 0.317 e. The number of rotatable bonds is 6. The molecular weight excluding hydrogens is 237 g/mol. The number of hydrogen-bond acceptors (Lipinski definition) is 1. The Morgan fingerprint density at radius 3 is 2.59 bits per heavy atom. The highest BCUT2D eigenvalue weighted by Gasteiger charge is 2.14. The van der Waals surface area contributed by atoms with E-state index in [2.05, 4.69) is 26.1 Å². The topological polar surface area (TPSA) is 12.0 Å². The van der Waals surface area contributed by atoms with E-state index in [4.69, 9.17) is 11.6 Å². The summed E-state index contributed by atoms with van der Waals surface area (Å²) in [6.07, 6.45) is 0.888. The summed E-state index contributed by atoms with van der Waals surface area (Å²) >= 11 is 5.68. The van der Waals surface area contributed by atoms with Gasteiger partial charge in [-0.1, -0.05) is 38.4 Å². The van der Waals surface area contributed by atoms with Gasteiger partial charge in [-0.15, -0.1) is 0 Å². The van der Waals surface area contributed by atoms with E-state index in [9.17, 15) is 4.39 Å². The number of nitrogens with one attached hydrogen (secondary N) is 1. The zero-order valence-corrected chi connectivity index (χ0v) is 11.5. The molecule has 0 fully saturated rings. The van der Waals surface area contributed by atoms with Crippen molar-refractivity contribution in [1.29, 1.82) is 0 Å². The molecule has 1 aromatic rings. The second kappa shape index (κ2) is 6.97. The first-order valence-corrected chi connectivity index (χ1v) is 6.57. The molecule has 0 aliphatic carbocycles. The average molecular weight is 258 g/mol. The van der Waals surface area contributed by atoms with Gasteiger partial charge in [-0.3, -0.25) is 0 Å². The Morgan fingerprint density at radius 2 is 2.06 bits per heavy atom. The third-order valence-corrected chi connectivity index (χ3v) is 3.39. The van der Waals surface area contributed by atoms with Crippen molar-refractivity contribution in [3.05, 3.63) is 34.6 Å². The molecule has 1 nitrogen and oxygen atoms in total. The molecule has 0 aliphatic rings. The van der Waals surface area contributed by atoms with E-state index in [0.717, 1.165) is 25.1 Å². The van der Waals surface area contributed by atoms with Gasteiger partial charge in [0, 0.05) is 0 Å². The molecule has 1 N–H and O–H groups in total. The van der Waals surface area contributed by atoms with Gasteiger partial charge >= 0.3 is 0 Å². The SMILES string of the molecule is CCNCC(Cc1ccc(Cl)c(F)c1)C(C)C. The van der Waals surface area contributed by atoms with Gasteiger partial charge in [0.25, 0.3) is 0 Å². The van der Waals surface area contributed by atoms with E-state index in [0.29, 0.717) is 11.8 Å². The van der Waals surface area contributed by atoms with Crippen molar-refractivity contribution in [2.24, 2.45) is 11.8 Å². The van der Waals surface area contributed by atoms with Crippen LogP contribution in [-0.4, -0.2) is 13.1 Å². The van der Waals surface area contributed by atoms with Crippen molar-refractivity contribution < 1.29 is 4.39 Å². The molecule has 0 aromatic heterocycles. The van der Waals surface area contributed by atoms with Crippen LogP contribution in [0.2, 0.25) is 5.02 Å². The molecule has 0 heterocycles. The molecule has 0 bridgehead atoms. The Labute approximate surface area is 108 Å². The van der Waals surface area contributed by atoms with Crippen molar-refractivity contribution in [3.8, 4) is 0 Å². The van der Waals surface area contributed by atoms with Crippen molar-refractivity contribution in [2.75, 3.05) is 13.1 Å². The molecule has 3 heteroatoms. The lowest BCUT2D eigenvalue weighted by Gasteiger charge is -2.21. The van der Waals surface area contributed by atoms with Crippen LogP contribution in [-0.2, 0) is 6.42 Å². The standard InChI is InChI=1S/C14H21ClFN/c1-4-17-9-12(10(2)3)7-11-5-6-13(15)14(16)8-11/h5-6,8,10,12,17H,4,7,9H2,1-3H3. The summed E-state index contributed by atoms with van der Waals surface area (Å²) in [5, 5.41) is 3.55. The zero-order valence-electron chi connectivity index (χ0n) is 10.8. The lowest BCUT2D eigenvalue weighted by molar-refractivity contribution is 0.363. The minimum Gasteiger partial charge on any atom is -0.317 e. The van der Waals surface area contributed by atoms with Crippen LogP contribution in [0.3, 0.4) is 0 Å². The second-order valence-electron chi connectivity index (χ2n) is 4.76. The highest BCUT2D eigenvalue weighted by atomic mass is 35.5. The number of hydrogen-bond donors (Lipinski definition) is 1. The molecule has 17 heavy (non-hydrogen) atoms. The fraction of sp³-hybridized carbons (Fsp3) is 0.571. The summed E-state index contributed by atoms with van der Waals surface area (Å²) in [6.45, 7) is 8.44. The molecule has 0 spiro atoms. The monoisotopic (exact) mass is 257 g/mol. The van der Waals surface area contributed by atoms with Crippen LogP contribution in [0.25, 0.3) is 0 Å². The fourth-order valence-electron chi connectivity index (χ4n) is 1.84. The van der Waals surface area contributed by atoms with E-state index in [1.807, 2.05) is 6.07 Å². The first-order valence-electron chi connectivity index (χ1n) is 6.19. The normalized spacial score (nSPS) is 13.1. The highest BCUT2D eigenvalue weighted by molar-refractivity contribution is 6.30. The summed E-state index contributed by atoms with van der Waals surface area (Å²) in [7, 11) is 0. The summed E-state index contributed by atoms with van der Waals surface area (Å²) < 4.78 is 13.3. The third kappa shape index (κ3) is 4.64. The van der Waals surface area contributed by atoms with Crippen LogP contribution >= 0.6 is 11.6 Å². The summed E-state index contributed by atoms with van der Waals surface area (Å²) in [5.41, 5.74) is 1.02. The van der Waals surface area contributed by atoms with Gasteiger partial charge in [0.1, 0.15) is 5.82 Å². The van der Waals surface area contributed by atoms with Crippen LogP contribution < -0.4 is 5.32 Å². The molecule has 1 unspecified atom stereocenters. The quantitative estimate of drug-likeness (QED) is 0.815. The van der Waals surface area contributed by atoms with E-state index >= 15 is 0 Å². The van der Waals surface area contributed by atoms with Gasteiger partial charge in [-0.05, 0) is 49.0 Å². The predicted octanol–water partition coefficient (Wildman–Crippen LogP) is 3.90. The molecule has 1 atom stereocenters. The molecule has 0 radical (unpaired) electrons. The first-order chi connectivity index (χ1) is 8.04. The molecule has 0 saturated carbocycles. The smallest absolute Gasteiger partial charge is 0.142 e. The molecule has 1 rings (SSSR count). The summed E-state index contributed by atoms with van der Waals surface area (Å²) in [5.74, 6) is 0.776. The van der Waals surface area contributed by atoms with Crippen LogP contribution in [0, 0.1) is 17.7 Å². The Hall–Kier alpha value is -0.600. The Morgan fingerprint density at radius 1 is 1.35 bits per heavy atom. The van der Waals surface area contributed by atoms with Gasteiger partial charge < -0.3 is 5.32 Å². The molecule has 0 amide bonds. The van der Waals surface area contributed by atoms with E-state index < -0.39 is 0 Å². The third-order valence-electron chi connectivity index (χ3n) is 3.08. The van der Waals surface area contributed by atoms with E-state index in [1.165, 1.54) is 0 Å². The average Bonchev–Trinajstić information content (AvgIpc) is 2.28. The van der Waals surface area contributed by atoms with Crippen LogP contribution in [0.5, 0.6) is 0 Å². The van der Waals surface area contributed by atoms with E-state index in [1.54, 1.807) is 12.1 Å². The van der Waals surface area contributed by atoms with E-state index in [-0.39, 0.29) is 10.8 Å². The lowest BCUT2D eigenvalue weighted by Crippen LogP contribution is -2.27.